The van der Waals surface area contributed by atoms with Crippen molar-refractivity contribution >= 4 is 17.0 Å². The van der Waals surface area contributed by atoms with E-state index in [0.29, 0.717) is 66.1 Å². The lowest BCUT2D eigenvalue weighted by Crippen LogP contribution is -2.32. The van der Waals surface area contributed by atoms with Crippen LogP contribution in [0.2, 0.25) is 0 Å². The Morgan fingerprint density at radius 3 is 2.76 bits per heavy atom. The lowest BCUT2D eigenvalue weighted by atomic mass is 9.95. The molecular weight excluding hydrogens is 423 g/mol. The minimum absolute atomic E-state index is 0.0363. The van der Waals surface area contributed by atoms with E-state index in [1.807, 2.05) is 16.7 Å². The lowest BCUT2D eigenvalue weighted by molar-refractivity contribution is 0.171. The Morgan fingerprint density at radius 2 is 2.00 bits per heavy atom. The summed E-state index contributed by atoms with van der Waals surface area (Å²) in [5, 5.41) is 0. The van der Waals surface area contributed by atoms with E-state index >= 15 is 0 Å². The van der Waals surface area contributed by atoms with Gasteiger partial charge in [0.15, 0.2) is 28.5 Å². The van der Waals surface area contributed by atoms with Gasteiger partial charge in [0.2, 0.25) is 0 Å². The summed E-state index contributed by atoms with van der Waals surface area (Å²) in [5.41, 5.74) is 8.40. The fraction of sp³-hybridized carbons (Fsp3) is 0.458. The number of aromatic nitrogens is 4. The Kier molecular flexibility index (Phi) is 5.77. The van der Waals surface area contributed by atoms with Crippen LogP contribution in [0.5, 0.6) is 11.5 Å². The number of nitrogen functional groups attached to an aromatic ring is 1. The molecule has 0 amide bonds. The second-order valence-electron chi connectivity index (χ2n) is 8.76. The number of piperidine rings is 1. The van der Waals surface area contributed by atoms with Crippen LogP contribution in [-0.4, -0.2) is 57.8 Å². The number of hydrogen-bond donors (Lipinski definition) is 1. The Bertz CT molecular complexity index is 1230. The first-order valence-corrected chi connectivity index (χ1v) is 11.3. The number of imidazole rings is 1. The van der Waals surface area contributed by atoms with Gasteiger partial charge in [-0.25, -0.2) is 4.98 Å². The van der Waals surface area contributed by atoms with Crippen LogP contribution >= 0.6 is 0 Å². The predicted molar refractivity (Wildman–Crippen MR) is 123 cm³/mol. The third-order valence-corrected chi connectivity index (χ3v) is 6.43. The number of nitrogens with two attached hydrogens (primary N) is 1. The second-order valence-corrected chi connectivity index (χ2v) is 8.76. The number of terminal acetylenes is 1. The molecule has 2 aliphatic heterocycles. The van der Waals surface area contributed by atoms with Gasteiger partial charge in [0, 0.05) is 25.1 Å². The van der Waals surface area contributed by atoms with Gasteiger partial charge in [-0.1, -0.05) is 5.92 Å². The lowest BCUT2D eigenvalue weighted by Gasteiger charge is -2.29. The summed E-state index contributed by atoms with van der Waals surface area (Å²) in [6, 6.07) is 3.72. The number of nitrogens with zero attached hydrogens (tertiary/aromatic N) is 5. The van der Waals surface area contributed by atoms with Crippen LogP contribution in [0.25, 0.3) is 11.2 Å². The zero-order valence-corrected chi connectivity index (χ0v) is 18.7. The van der Waals surface area contributed by atoms with E-state index in [-0.39, 0.29) is 5.82 Å². The Labute approximate surface area is 191 Å². The van der Waals surface area contributed by atoms with Crippen molar-refractivity contribution in [3.05, 3.63) is 35.2 Å². The van der Waals surface area contributed by atoms with Gasteiger partial charge in [-0.3, -0.25) is 0 Å². The molecule has 5 rings (SSSR count). The van der Waals surface area contributed by atoms with Gasteiger partial charge in [-0.05, 0) is 56.5 Å². The SMILES string of the molecule is C#Cc1cc2c(cc1Cc1nc3c(N)nc(F)nc3n1CCC1CCCN(C)C1)OCCO2. The van der Waals surface area contributed by atoms with Gasteiger partial charge in [-0.2, -0.15) is 14.4 Å². The number of likely N-dealkylation sites (tertiary alicyclic amines) is 1. The number of benzene rings is 1. The number of hydrogen-bond acceptors (Lipinski definition) is 7. The second kappa shape index (κ2) is 8.87. The molecule has 8 nitrogen and oxygen atoms in total. The first-order valence-electron chi connectivity index (χ1n) is 11.3. The number of rotatable bonds is 5. The molecule has 9 heteroatoms. The van der Waals surface area contributed by atoms with Gasteiger partial charge in [0.1, 0.15) is 19.0 Å². The van der Waals surface area contributed by atoms with E-state index in [1.165, 1.54) is 12.8 Å². The zero-order chi connectivity index (χ0) is 22.9. The summed E-state index contributed by atoms with van der Waals surface area (Å²) >= 11 is 0. The number of halogens is 1. The van der Waals surface area contributed by atoms with Gasteiger partial charge in [0.05, 0.1) is 0 Å². The quantitative estimate of drug-likeness (QED) is 0.472. The standard InChI is InChI=1S/C24H27FN6O2/c1-3-16-11-18-19(33-10-9-32-18)12-17(16)13-20-27-21-22(26)28-24(25)29-23(21)31(20)8-6-15-5-4-7-30(2)14-15/h1,11-12,15H,4-10,13-14H2,2H3,(H2,26,28,29). The van der Waals surface area contributed by atoms with Gasteiger partial charge < -0.3 is 24.7 Å². The molecule has 4 heterocycles. The van der Waals surface area contributed by atoms with Crippen LogP contribution in [0.3, 0.4) is 0 Å². The number of ether oxygens (including phenoxy) is 2. The third kappa shape index (κ3) is 4.31. The molecule has 1 unspecified atom stereocenters. The van der Waals surface area contributed by atoms with Crippen LogP contribution in [-0.2, 0) is 13.0 Å². The molecule has 2 aliphatic rings. The Balaban J connectivity index is 1.52. The zero-order valence-electron chi connectivity index (χ0n) is 18.7. The predicted octanol–water partition coefficient (Wildman–Crippen LogP) is 2.62. The van der Waals surface area contributed by atoms with E-state index in [1.54, 1.807) is 0 Å². The van der Waals surface area contributed by atoms with Crippen molar-refractivity contribution in [2.75, 3.05) is 39.1 Å². The van der Waals surface area contributed by atoms with Crippen LogP contribution in [0.4, 0.5) is 10.2 Å². The maximum Gasteiger partial charge on any atom is 0.312 e. The number of fused-ring (bicyclic) bond motifs is 2. The van der Waals surface area contributed by atoms with Crippen molar-refractivity contribution in [2.24, 2.45) is 5.92 Å². The van der Waals surface area contributed by atoms with E-state index in [4.69, 9.17) is 26.6 Å². The first kappa shape index (κ1) is 21.5. The monoisotopic (exact) mass is 450 g/mol. The molecule has 0 radical (unpaired) electrons. The summed E-state index contributed by atoms with van der Waals surface area (Å²) < 4.78 is 27.4. The Morgan fingerprint density at radius 1 is 1.21 bits per heavy atom. The van der Waals surface area contributed by atoms with E-state index in [0.717, 1.165) is 25.1 Å². The van der Waals surface area contributed by atoms with Crippen LogP contribution in [0.15, 0.2) is 12.1 Å². The summed E-state index contributed by atoms with van der Waals surface area (Å²) in [5.74, 6) is 5.36. The summed E-state index contributed by atoms with van der Waals surface area (Å²) in [7, 11) is 2.15. The highest BCUT2D eigenvalue weighted by Crippen LogP contribution is 2.34. The molecule has 0 saturated carbocycles. The maximum atomic E-state index is 14.1. The third-order valence-electron chi connectivity index (χ3n) is 6.43. The van der Waals surface area contributed by atoms with E-state index < -0.39 is 6.08 Å². The highest BCUT2D eigenvalue weighted by Gasteiger charge is 2.22. The number of anilines is 1. The Hall–Kier alpha value is -3.38. The maximum absolute atomic E-state index is 14.1. The van der Waals surface area contributed by atoms with Crippen molar-refractivity contribution in [1.82, 2.24) is 24.4 Å². The molecule has 1 fully saturated rings. The fourth-order valence-electron chi connectivity index (χ4n) is 4.81. The minimum Gasteiger partial charge on any atom is -0.486 e. The molecule has 2 aromatic heterocycles. The average Bonchev–Trinajstić information content (AvgIpc) is 3.14. The molecule has 172 valence electrons. The molecule has 33 heavy (non-hydrogen) atoms. The van der Waals surface area contributed by atoms with Crippen LogP contribution in [0.1, 0.15) is 36.2 Å². The van der Waals surface area contributed by atoms with Gasteiger partial charge in [0.25, 0.3) is 0 Å². The topological polar surface area (TPSA) is 91.3 Å². The number of aryl methyl sites for hydroxylation is 1. The summed E-state index contributed by atoms with van der Waals surface area (Å²) in [6.07, 6.45) is 8.68. The molecule has 0 bridgehead atoms. The molecule has 1 saturated heterocycles. The van der Waals surface area contributed by atoms with Gasteiger partial charge >= 0.3 is 6.08 Å². The first-order chi connectivity index (χ1) is 16.0. The van der Waals surface area contributed by atoms with Gasteiger partial charge in [-0.15, -0.1) is 6.42 Å². The van der Waals surface area contributed by atoms with E-state index in [2.05, 4.69) is 27.8 Å². The van der Waals surface area contributed by atoms with Crippen LogP contribution in [0, 0.1) is 24.3 Å². The molecule has 3 aromatic rings. The highest BCUT2D eigenvalue weighted by atomic mass is 19.1. The van der Waals surface area contributed by atoms with Crippen molar-refractivity contribution < 1.29 is 13.9 Å². The minimum atomic E-state index is -0.853. The van der Waals surface area contributed by atoms with Crippen LogP contribution < -0.4 is 15.2 Å². The molecule has 2 N–H and O–H groups in total. The average molecular weight is 451 g/mol. The molecular formula is C24H27FN6O2. The van der Waals surface area contributed by atoms with Crippen molar-refractivity contribution in [3.8, 4) is 23.8 Å². The van der Waals surface area contributed by atoms with E-state index in [9.17, 15) is 4.39 Å². The van der Waals surface area contributed by atoms with Crippen molar-refractivity contribution in [2.45, 2.75) is 32.2 Å². The fourth-order valence-corrected chi connectivity index (χ4v) is 4.81. The molecule has 1 aromatic carbocycles. The largest absolute Gasteiger partial charge is 0.486 e. The summed E-state index contributed by atoms with van der Waals surface area (Å²) in [6.45, 7) is 3.82. The summed E-state index contributed by atoms with van der Waals surface area (Å²) in [4.78, 5) is 14.8. The molecule has 0 aliphatic carbocycles. The van der Waals surface area contributed by atoms with Crippen molar-refractivity contribution in [1.29, 1.82) is 0 Å². The highest BCUT2D eigenvalue weighted by molar-refractivity contribution is 5.82. The normalized spacial score (nSPS) is 18.4. The molecule has 0 spiro atoms. The molecule has 1 atom stereocenters. The van der Waals surface area contributed by atoms with Crippen molar-refractivity contribution in [3.63, 3.8) is 0 Å². The smallest absolute Gasteiger partial charge is 0.312 e.